The minimum Gasteiger partial charge on any atom is -0.450 e. The first-order chi connectivity index (χ1) is 13.5. The molecule has 1 aliphatic carbocycles. The van der Waals surface area contributed by atoms with E-state index in [9.17, 15) is 9.59 Å². The fraction of sp³-hybridized carbons (Fsp3) is 0.364. The number of amides is 2. The van der Waals surface area contributed by atoms with Crippen LogP contribution in [-0.2, 0) is 9.47 Å². The maximum absolute atomic E-state index is 12.4. The van der Waals surface area contributed by atoms with Crippen molar-refractivity contribution < 1.29 is 19.1 Å². The maximum atomic E-state index is 12.4. The first-order valence-electron chi connectivity index (χ1n) is 9.47. The van der Waals surface area contributed by atoms with Crippen LogP contribution in [0.4, 0.5) is 9.59 Å². The van der Waals surface area contributed by atoms with Crippen LogP contribution in [0.2, 0.25) is 0 Å². The van der Waals surface area contributed by atoms with Crippen molar-refractivity contribution in [1.82, 2.24) is 9.80 Å². The molecular formula is C22H26N2O4. The Hall–Kier alpha value is -3.02. The molecule has 0 bridgehead atoms. The van der Waals surface area contributed by atoms with Gasteiger partial charge in [-0.3, -0.25) is 0 Å². The van der Waals surface area contributed by atoms with Gasteiger partial charge in [0, 0.05) is 33.1 Å². The van der Waals surface area contributed by atoms with E-state index >= 15 is 0 Å². The predicted molar refractivity (Wildman–Crippen MR) is 107 cm³/mol. The van der Waals surface area contributed by atoms with E-state index in [-0.39, 0.29) is 12.5 Å². The molecule has 6 heteroatoms. The number of ether oxygens (including phenoxy) is 2. The van der Waals surface area contributed by atoms with E-state index in [1.807, 2.05) is 24.3 Å². The van der Waals surface area contributed by atoms with Crippen LogP contribution in [0.25, 0.3) is 11.1 Å². The zero-order valence-electron chi connectivity index (χ0n) is 16.6. The van der Waals surface area contributed by atoms with Crippen LogP contribution in [0.15, 0.2) is 48.5 Å². The van der Waals surface area contributed by atoms with Gasteiger partial charge in [0.05, 0.1) is 6.61 Å². The molecule has 0 saturated heterocycles. The van der Waals surface area contributed by atoms with Crippen molar-refractivity contribution in [3.8, 4) is 11.1 Å². The number of likely N-dealkylation sites (N-methyl/N-ethyl adjacent to an activating group) is 2. The Bertz CT molecular complexity index is 806. The number of benzene rings is 2. The second-order valence-corrected chi connectivity index (χ2v) is 6.85. The summed E-state index contributed by atoms with van der Waals surface area (Å²) in [6.07, 6.45) is -0.803. The molecule has 0 radical (unpaired) electrons. The summed E-state index contributed by atoms with van der Waals surface area (Å²) in [4.78, 5) is 26.9. The van der Waals surface area contributed by atoms with Crippen molar-refractivity contribution in [2.45, 2.75) is 12.8 Å². The molecule has 0 N–H and O–H groups in total. The largest absolute Gasteiger partial charge is 0.450 e. The molecule has 0 aromatic heterocycles. The molecule has 0 unspecified atom stereocenters. The van der Waals surface area contributed by atoms with Gasteiger partial charge in [-0.05, 0) is 29.2 Å². The number of hydrogen-bond donors (Lipinski definition) is 0. The van der Waals surface area contributed by atoms with Gasteiger partial charge in [-0.25, -0.2) is 9.59 Å². The van der Waals surface area contributed by atoms with Gasteiger partial charge in [-0.2, -0.15) is 0 Å². The molecule has 1 aliphatic rings. The second kappa shape index (κ2) is 8.78. The smallest absolute Gasteiger partial charge is 0.409 e. The zero-order valence-corrected chi connectivity index (χ0v) is 16.6. The minimum absolute atomic E-state index is 0.0342. The number of nitrogens with zero attached hydrogens (tertiary/aromatic N) is 2. The van der Waals surface area contributed by atoms with Crippen LogP contribution in [0.5, 0.6) is 0 Å². The van der Waals surface area contributed by atoms with Gasteiger partial charge in [0.15, 0.2) is 0 Å². The van der Waals surface area contributed by atoms with Crippen molar-refractivity contribution in [3.63, 3.8) is 0 Å². The highest BCUT2D eigenvalue weighted by atomic mass is 16.6. The van der Waals surface area contributed by atoms with Crippen LogP contribution < -0.4 is 0 Å². The van der Waals surface area contributed by atoms with E-state index in [0.717, 1.165) is 0 Å². The summed E-state index contributed by atoms with van der Waals surface area (Å²) >= 11 is 0. The van der Waals surface area contributed by atoms with E-state index in [4.69, 9.17) is 9.47 Å². The molecule has 2 aromatic rings. The predicted octanol–water partition coefficient (Wildman–Crippen LogP) is 3.96. The molecule has 0 spiro atoms. The van der Waals surface area contributed by atoms with Gasteiger partial charge in [0.25, 0.3) is 0 Å². The molecule has 0 fully saturated rings. The minimum atomic E-state index is -0.404. The standard InChI is InChI=1S/C22H26N2O4/c1-4-27-21(25)23(2)13-14-24(3)22(26)28-15-20-18-11-7-5-9-16(18)17-10-6-8-12-19(17)20/h5-12,20H,4,13-15H2,1-3H3. The van der Waals surface area contributed by atoms with Gasteiger partial charge >= 0.3 is 12.2 Å². The van der Waals surface area contributed by atoms with Gasteiger partial charge < -0.3 is 19.3 Å². The number of fused-ring (bicyclic) bond motifs is 3. The molecule has 6 nitrogen and oxygen atoms in total. The normalized spacial score (nSPS) is 12.1. The Morgan fingerprint density at radius 3 is 1.79 bits per heavy atom. The Labute approximate surface area is 165 Å². The number of carbonyl (C=O) groups excluding carboxylic acids is 2. The highest BCUT2D eigenvalue weighted by molar-refractivity contribution is 5.79. The van der Waals surface area contributed by atoms with Crippen LogP contribution in [0, 0.1) is 0 Å². The summed E-state index contributed by atoms with van der Waals surface area (Å²) in [5.41, 5.74) is 4.76. The lowest BCUT2D eigenvalue weighted by Crippen LogP contribution is -2.38. The van der Waals surface area contributed by atoms with Crippen LogP contribution in [0.3, 0.4) is 0 Å². The Morgan fingerprint density at radius 2 is 1.29 bits per heavy atom. The summed E-state index contributed by atoms with van der Waals surface area (Å²) in [7, 11) is 3.31. The van der Waals surface area contributed by atoms with E-state index < -0.39 is 12.2 Å². The van der Waals surface area contributed by atoms with Crippen LogP contribution in [-0.4, -0.2) is 62.4 Å². The number of rotatable bonds is 6. The molecule has 3 rings (SSSR count). The molecule has 0 saturated carbocycles. The third kappa shape index (κ3) is 4.11. The van der Waals surface area contributed by atoms with E-state index in [1.54, 1.807) is 21.0 Å². The molecule has 0 heterocycles. The summed E-state index contributed by atoms with van der Waals surface area (Å²) < 4.78 is 10.5. The fourth-order valence-corrected chi connectivity index (χ4v) is 3.42. The molecule has 2 aromatic carbocycles. The second-order valence-electron chi connectivity index (χ2n) is 6.85. The van der Waals surface area contributed by atoms with Crippen molar-refractivity contribution in [2.75, 3.05) is 40.4 Å². The van der Waals surface area contributed by atoms with Crippen molar-refractivity contribution in [1.29, 1.82) is 0 Å². The van der Waals surface area contributed by atoms with Crippen molar-refractivity contribution >= 4 is 12.2 Å². The number of hydrogen-bond acceptors (Lipinski definition) is 4. The highest BCUT2D eigenvalue weighted by Crippen LogP contribution is 2.44. The first kappa shape index (κ1) is 19.7. The van der Waals surface area contributed by atoms with Crippen molar-refractivity contribution in [2.24, 2.45) is 0 Å². The quantitative estimate of drug-likeness (QED) is 0.759. The average molecular weight is 382 g/mol. The third-order valence-corrected chi connectivity index (χ3v) is 5.00. The van der Waals surface area contributed by atoms with Crippen molar-refractivity contribution in [3.05, 3.63) is 59.7 Å². The first-order valence-corrected chi connectivity index (χ1v) is 9.47. The topological polar surface area (TPSA) is 59.1 Å². The van der Waals surface area contributed by atoms with Crippen LogP contribution >= 0.6 is 0 Å². The summed E-state index contributed by atoms with van der Waals surface area (Å²) in [6.45, 7) is 3.11. The van der Waals surface area contributed by atoms with Gasteiger partial charge in [0.2, 0.25) is 0 Å². The molecule has 2 amide bonds. The zero-order chi connectivity index (χ0) is 20.1. The molecule has 148 valence electrons. The molecule has 28 heavy (non-hydrogen) atoms. The fourth-order valence-electron chi connectivity index (χ4n) is 3.42. The van der Waals surface area contributed by atoms with Gasteiger partial charge in [-0.1, -0.05) is 48.5 Å². The Balaban J connectivity index is 1.58. The molecular weight excluding hydrogens is 356 g/mol. The summed E-state index contributed by atoms with van der Waals surface area (Å²) in [5, 5.41) is 0. The van der Waals surface area contributed by atoms with Gasteiger partial charge in [0.1, 0.15) is 6.61 Å². The van der Waals surface area contributed by atoms with Gasteiger partial charge in [-0.15, -0.1) is 0 Å². The molecule has 0 atom stereocenters. The van der Waals surface area contributed by atoms with E-state index in [1.165, 1.54) is 32.1 Å². The maximum Gasteiger partial charge on any atom is 0.409 e. The molecule has 0 aliphatic heterocycles. The lowest BCUT2D eigenvalue weighted by molar-refractivity contribution is 0.0962. The number of carbonyl (C=O) groups is 2. The SMILES string of the molecule is CCOC(=O)N(C)CCN(C)C(=O)OCC1c2ccccc2-c2ccccc21. The summed E-state index contributed by atoms with van der Waals surface area (Å²) in [5.74, 6) is 0.0342. The Morgan fingerprint density at radius 1 is 0.821 bits per heavy atom. The lowest BCUT2D eigenvalue weighted by atomic mass is 9.98. The highest BCUT2D eigenvalue weighted by Gasteiger charge is 2.29. The van der Waals surface area contributed by atoms with E-state index in [2.05, 4.69) is 24.3 Å². The third-order valence-electron chi connectivity index (χ3n) is 5.00. The average Bonchev–Trinajstić information content (AvgIpc) is 3.04. The van der Waals surface area contributed by atoms with E-state index in [0.29, 0.717) is 19.7 Å². The lowest BCUT2D eigenvalue weighted by Gasteiger charge is -2.22. The Kier molecular flexibility index (Phi) is 6.19. The monoisotopic (exact) mass is 382 g/mol. The summed E-state index contributed by atoms with van der Waals surface area (Å²) in [6, 6.07) is 16.5. The van der Waals surface area contributed by atoms with Crippen LogP contribution in [0.1, 0.15) is 24.0 Å².